The molecule has 3 aliphatic rings. The van der Waals surface area contributed by atoms with E-state index in [1.807, 2.05) is 7.05 Å². The highest BCUT2D eigenvalue weighted by molar-refractivity contribution is 4.70. The van der Waals surface area contributed by atoms with Gasteiger partial charge in [-0.3, -0.25) is 4.90 Å². The third-order valence-electron chi connectivity index (χ3n) is 3.73. The van der Waals surface area contributed by atoms with E-state index in [-0.39, 0.29) is 0 Å². The van der Waals surface area contributed by atoms with Crippen LogP contribution in [0.2, 0.25) is 0 Å². The summed E-state index contributed by atoms with van der Waals surface area (Å²) in [5.74, 6) is 0. The van der Waals surface area contributed by atoms with E-state index in [4.69, 9.17) is 0 Å². The van der Waals surface area contributed by atoms with Crippen molar-refractivity contribution in [1.29, 1.82) is 0 Å². The average Bonchev–Trinajstić information content (AvgIpc) is 2.21. The maximum absolute atomic E-state index is 3.24. The molecule has 0 aromatic heterocycles. The molecule has 3 nitrogen and oxygen atoms in total. The zero-order chi connectivity index (χ0) is 9.15. The molecular formula is C10H22N3+. The lowest BCUT2D eigenvalue weighted by Gasteiger charge is -2.50. The Kier molecular flexibility index (Phi) is 2.86. The highest BCUT2D eigenvalue weighted by Crippen LogP contribution is 2.19. The van der Waals surface area contributed by atoms with Gasteiger partial charge in [-0.2, -0.15) is 0 Å². The molecule has 3 aliphatic heterocycles. The Balaban J connectivity index is 1.81. The molecule has 0 spiro atoms. The first-order chi connectivity index (χ1) is 6.35. The van der Waals surface area contributed by atoms with Crippen LogP contribution in [-0.2, 0) is 0 Å². The summed E-state index contributed by atoms with van der Waals surface area (Å²) in [6.07, 6.45) is 1.34. The number of hydrogen-bond donors (Lipinski definition) is 1. The molecule has 0 aliphatic carbocycles. The van der Waals surface area contributed by atoms with Gasteiger partial charge in [-0.15, -0.1) is 0 Å². The Morgan fingerprint density at radius 3 is 2.31 bits per heavy atom. The van der Waals surface area contributed by atoms with Crippen LogP contribution >= 0.6 is 0 Å². The van der Waals surface area contributed by atoms with E-state index in [0.717, 1.165) is 0 Å². The molecule has 76 valence electrons. The highest BCUT2D eigenvalue weighted by atomic mass is 15.4. The van der Waals surface area contributed by atoms with Crippen LogP contribution in [0.25, 0.3) is 0 Å². The molecule has 3 fully saturated rings. The lowest BCUT2D eigenvalue weighted by atomic mass is 10.1. The summed E-state index contributed by atoms with van der Waals surface area (Å²) < 4.78 is 1.41. The number of quaternary nitrogens is 1. The first-order valence-corrected chi connectivity index (χ1v) is 5.57. The van der Waals surface area contributed by atoms with E-state index in [2.05, 4.69) is 10.2 Å². The molecule has 13 heavy (non-hydrogen) atoms. The first-order valence-electron chi connectivity index (χ1n) is 5.57. The molecule has 0 aromatic carbocycles. The first kappa shape index (κ1) is 9.44. The quantitative estimate of drug-likeness (QED) is 0.478. The van der Waals surface area contributed by atoms with Gasteiger partial charge in [0.25, 0.3) is 0 Å². The molecule has 0 unspecified atom stereocenters. The minimum atomic E-state index is 1.18. The number of nitrogens with zero attached hydrogens (tertiary/aromatic N) is 2. The Morgan fingerprint density at radius 1 is 1.15 bits per heavy atom. The predicted octanol–water partition coefficient (Wildman–Crippen LogP) is -0.258. The lowest BCUT2D eigenvalue weighted by molar-refractivity contribution is -0.941. The van der Waals surface area contributed by atoms with Crippen LogP contribution in [0.4, 0.5) is 0 Å². The fraction of sp³-hybridized carbons (Fsp3) is 1.00. The molecule has 1 N–H and O–H groups in total. The van der Waals surface area contributed by atoms with Gasteiger partial charge in [0.05, 0.1) is 26.2 Å². The molecule has 3 heteroatoms. The lowest BCUT2D eigenvalue weighted by Crippen LogP contribution is -2.67. The summed E-state index contributed by atoms with van der Waals surface area (Å²) in [4.78, 5) is 2.61. The Labute approximate surface area is 81.3 Å². The van der Waals surface area contributed by atoms with Crippen molar-refractivity contribution in [2.75, 3.05) is 59.4 Å². The van der Waals surface area contributed by atoms with Crippen LogP contribution in [0, 0.1) is 0 Å². The zero-order valence-corrected chi connectivity index (χ0v) is 8.76. The van der Waals surface area contributed by atoms with Crippen LogP contribution in [0.1, 0.15) is 6.42 Å². The van der Waals surface area contributed by atoms with Crippen LogP contribution in [0.3, 0.4) is 0 Å². The van der Waals surface area contributed by atoms with Crippen LogP contribution < -0.4 is 5.32 Å². The summed E-state index contributed by atoms with van der Waals surface area (Å²) >= 11 is 0. The van der Waals surface area contributed by atoms with Crippen molar-refractivity contribution in [3.63, 3.8) is 0 Å². The maximum atomic E-state index is 3.24. The Morgan fingerprint density at radius 2 is 1.77 bits per heavy atom. The average molecular weight is 184 g/mol. The molecule has 0 amide bonds. The summed E-state index contributed by atoms with van der Waals surface area (Å²) in [6.45, 7) is 10.8. The molecule has 0 radical (unpaired) electrons. The molecule has 2 bridgehead atoms. The topological polar surface area (TPSA) is 15.3 Å². The van der Waals surface area contributed by atoms with Crippen molar-refractivity contribution in [3.05, 3.63) is 0 Å². The second kappa shape index (κ2) is 3.95. The van der Waals surface area contributed by atoms with Gasteiger partial charge in [-0.25, -0.2) is 0 Å². The van der Waals surface area contributed by atoms with Gasteiger partial charge in [-0.05, 0) is 7.05 Å². The third kappa shape index (κ3) is 2.03. The van der Waals surface area contributed by atoms with Crippen molar-refractivity contribution < 1.29 is 4.48 Å². The van der Waals surface area contributed by atoms with E-state index in [9.17, 15) is 0 Å². The van der Waals surface area contributed by atoms with Crippen molar-refractivity contribution in [3.8, 4) is 0 Å². The normalized spacial score (nSPS) is 38.1. The number of hydrogen-bond acceptors (Lipinski definition) is 2. The zero-order valence-electron chi connectivity index (χ0n) is 8.76. The molecule has 3 heterocycles. The van der Waals surface area contributed by atoms with Gasteiger partial charge in [0.1, 0.15) is 0 Å². The minimum Gasteiger partial charge on any atom is -0.320 e. The fourth-order valence-corrected chi connectivity index (χ4v) is 2.66. The standard InChI is InChI=1S/C10H22N3/c1-11-3-2-7-13-8-4-12(5-9-13)6-10-13/h11H,2-10H2,1H3/q+1. The summed E-state index contributed by atoms with van der Waals surface area (Å²) in [7, 11) is 2.05. The second-order valence-electron chi connectivity index (χ2n) is 4.53. The minimum absolute atomic E-state index is 1.18. The highest BCUT2D eigenvalue weighted by Gasteiger charge is 2.37. The van der Waals surface area contributed by atoms with Crippen LogP contribution in [0.5, 0.6) is 0 Å². The SMILES string of the molecule is CNCCC[N+]12CCN(CC1)CC2. The maximum Gasteiger partial charge on any atom is 0.0916 e. The van der Waals surface area contributed by atoms with Gasteiger partial charge in [0.15, 0.2) is 0 Å². The van der Waals surface area contributed by atoms with Gasteiger partial charge < -0.3 is 9.80 Å². The molecule has 0 aromatic rings. The monoisotopic (exact) mass is 184 g/mol. The van der Waals surface area contributed by atoms with Crippen molar-refractivity contribution in [2.45, 2.75) is 6.42 Å². The fourth-order valence-electron chi connectivity index (χ4n) is 2.66. The van der Waals surface area contributed by atoms with Crippen molar-refractivity contribution in [1.82, 2.24) is 10.2 Å². The van der Waals surface area contributed by atoms with E-state index in [1.165, 1.54) is 63.3 Å². The Hall–Kier alpha value is -0.120. The van der Waals surface area contributed by atoms with Crippen LogP contribution in [0.15, 0.2) is 0 Å². The number of nitrogens with one attached hydrogen (secondary N) is 1. The van der Waals surface area contributed by atoms with Gasteiger partial charge in [0, 0.05) is 32.6 Å². The summed E-state index contributed by atoms with van der Waals surface area (Å²) in [5.41, 5.74) is 0. The van der Waals surface area contributed by atoms with Crippen molar-refractivity contribution in [2.24, 2.45) is 0 Å². The number of rotatable bonds is 4. The van der Waals surface area contributed by atoms with Crippen molar-refractivity contribution >= 4 is 0 Å². The third-order valence-corrected chi connectivity index (χ3v) is 3.73. The number of fused-ring (bicyclic) bond motifs is 3. The van der Waals surface area contributed by atoms with E-state index < -0.39 is 0 Å². The molecular weight excluding hydrogens is 162 g/mol. The molecule has 3 rings (SSSR count). The van der Waals surface area contributed by atoms with E-state index in [0.29, 0.717) is 0 Å². The molecule has 0 atom stereocenters. The number of piperazine rings is 3. The van der Waals surface area contributed by atoms with Gasteiger partial charge in [-0.1, -0.05) is 0 Å². The van der Waals surface area contributed by atoms with E-state index in [1.54, 1.807) is 0 Å². The molecule has 3 saturated heterocycles. The largest absolute Gasteiger partial charge is 0.320 e. The Bertz CT molecular complexity index is 148. The van der Waals surface area contributed by atoms with Gasteiger partial charge >= 0.3 is 0 Å². The second-order valence-corrected chi connectivity index (χ2v) is 4.53. The summed E-state index contributed by atoms with van der Waals surface area (Å²) in [5, 5.41) is 3.24. The van der Waals surface area contributed by atoms with Gasteiger partial charge in [0.2, 0.25) is 0 Å². The predicted molar refractivity (Wildman–Crippen MR) is 54.7 cm³/mol. The molecule has 0 saturated carbocycles. The summed E-state index contributed by atoms with van der Waals surface area (Å²) in [6, 6.07) is 0. The smallest absolute Gasteiger partial charge is 0.0916 e. The van der Waals surface area contributed by atoms with E-state index >= 15 is 0 Å². The van der Waals surface area contributed by atoms with Crippen LogP contribution in [-0.4, -0.2) is 68.8 Å².